The van der Waals surface area contributed by atoms with Crippen LogP contribution in [0.3, 0.4) is 0 Å². The van der Waals surface area contributed by atoms with Crippen LogP contribution >= 0.6 is 0 Å². The van der Waals surface area contributed by atoms with Gasteiger partial charge >= 0.3 is 65.1 Å². The number of anilines is 1. The van der Waals surface area contributed by atoms with Crippen molar-refractivity contribution in [2.24, 2.45) is 7.05 Å². The number of hydrogen-bond donors (Lipinski definition) is 2. The molecule has 3 rings (SSSR count). The molecule has 0 saturated carbocycles. The van der Waals surface area contributed by atoms with Crippen LogP contribution in [0.2, 0.25) is 0 Å². The molecule has 0 spiro atoms. The summed E-state index contributed by atoms with van der Waals surface area (Å²) in [7, 11) is 1.41. The molecule has 0 unspecified atom stereocenters. The third-order valence-electron chi connectivity index (χ3n) is 4.91. The Morgan fingerprint density at radius 1 is 1.06 bits per heavy atom. The van der Waals surface area contributed by atoms with Gasteiger partial charge in [-0.05, 0) is 47.4 Å². The van der Waals surface area contributed by atoms with Crippen LogP contribution in [0.15, 0.2) is 53.5 Å². The summed E-state index contributed by atoms with van der Waals surface area (Å²) in [6.07, 6.45) is 0.692. The monoisotopic (exact) mass is 501 g/mol. The molecule has 12 heteroatoms. The van der Waals surface area contributed by atoms with Crippen molar-refractivity contribution in [1.29, 1.82) is 0 Å². The van der Waals surface area contributed by atoms with E-state index in [-0.39, 0.29) is 70.2 Å². The van der Waals surface area contributed by atoms with Gasteiger partial charge in [0, 0.05) is 31.7 Å². The smallest absolute Gasteiger partial charge is 0.871 e. The van der Waals surface area contributed by atoms with E-state index in [1.807, 2.05) is 0 Å². The first-order chi connectivity index (χ1) is 15.5. The number of aliphatic carboxylic acids is 1. The SMILES string of the molecule is Cc1cn(C)c(=O)c(NC(=O)N[C@@H](CC(=O)[O-])c2cccc(-c3cc(F)cc(F)c3)c2)c1[O-].[Na+].[Na+]. The summed E-state index contributed by atoms with van der Waals surface area (Å²) >= 11 is 0. The number of nitrogens with one attached hydrogen (secondary N) is 2. The number of benzene rings is 2. The van der Waals surface area contributed by atoms with E-state index in [9.17, 15) is 33.4 Å². The van der Waals surface area contributed by atoms with E-state index in [0.717, 1.165) is 22.8 Å². The number of carbonyl (C=O) groups excluding carboxylic acids is 2. The van der Waals surface area contributed by atoms with Crippen LogP contribution in [-0.2, 0) is 11.8 Å². The molecule has 1 atom stereocenters. The van der Waals surface area contributed by atoms with Gasteiger partial charge in [0.2, 0.25) is 0 Å². The van der Waals surface area contributed by atoms with Crippen LogP contribution in [0.1, 0.15) is 23.6 Å². The van der Waals surface area contributed by atoms with Gasteiger partial charge in [0.25, 0.3) is 5.56 Å². The van der Waals surface area contributed by atoms with Gasteiger partial charge in [-0.2, -0.15) is 0 Å². The summed E-state index contributed by atoms with van der Waals surface area (Å²) in [4.78, 5) is 36.0. The maximum absolute atomic E-state index is 13.6. The topological polar surface area (TPSA) is 126 Å². The van der Waals surface area contributed by atoms with Crippen molar-refractivity contribution < 1.29 is 87.7 Å². The Bertz CT molecular complexity index is 1280. The minimum absolute atomic E-state index is 0. The van der Waals surface area contributed by atoms with E-state index in [2.05, 4.69) is 10.6 Å². The van der Waals surface area contributed by atoms with Crippen molar-refractivity contribution in [2.45, 2.75) is 19.4 Å². The number of aromatic nitrogens is 1. The molecule has 1 aromatic heterocycles. The van der Waals surface area contributed by atoms with Crippen molar-refractivity contribution in [3.05, 3.63) is 81.8 Å². The molecule has 3 aromatic rings. The molecule has 2 amide bonds. The number of rotatable bonds is 6. The van der Waals surface area contributed by atoms with Crippen molar-refractivity contribution in [3.8, 4) is 16.9 Å². The van der Waals surface area contributed by atoms with Crippen molar-refractivity contribution in [1.82, 2.24) is 9.88 Å². The molecule has 2 N–H and O–H groups in total. The van der Waals surface area contributed by atoms with Crippen LogP contribution < -0.4 is 85.5 Å². The molecule has 0 fully saturated rings. The van der Waals surface area contributed by atoms with E-state index in [0.29, 0.717) is 11.1 Å². The Kier molecular flexibility index (Phi) is 11.6. The average Bonchev–Trinajstić information content (AvgIpc) is 2.74. The number of aryl methyl sites for hydroxylation is 2. The van der Waals surface area contributed by atoms with Gasteiger partial charge in [-0.15, -0.1) is 0 Å². The maximum Gasteiger partial charge on any atom is 1.00 e. The number of urea groups is 1. The molecular weight excluding hydrogens is 482 g/mol. The molecule has 0 bridgehead atoms. The number of halogens is 2. The van der Waals surface area contributed by atoms with E-state index < -0.39 is 53.1 Å². The fourth-order valence-electron chi connectivity index (χ4n) is 3.37. The third-order valence-corrected chi connectivity index (χ3v) is 4.91. The molecule has 35 heavy (non-hydrogen) atoms. The predicted molar refractivity (Wildman–Crippen MR) is 112 cm³/mol. The van der Waals surface area contributed by atoms with Crippen LogP contribution in [0, 0.1) is 18.6 Å². The number of pyridine rings is 1. The van der Waals surface area contributed by atoms with E-state index >= 15 is 0 Å². The maximum atomic E-state index is 13.6. The van der Waals surface area contributed by atoms with Crippen LogP contribution in [-0.4, -0.2) is 16.6 Å². The molecular formula is C23H19F2N3Na2O5. The Balaban J connectivity index is 0.00000306. The van der Waals surface area contributed by atoms with Gasteiger partial charge in [0.1, 0.15) is 17.3 Å². The summed E-state index contributed by atoms with van der Waals surface area (Å²) in [5.41, 5.74) is -0.0839. The molecule has 0 aliphatic rings. The number of carbonyl (C=O) groups is 2. The molecule has 1 heterocycles. The molecule has 0 radical (unpaired) electrons. The summed E-state index contributed by atoms with van der Waals surface area (Å²) in [5.74, 6) is -3.71. The normalized spacial score (nSPS) is 11.0. The first-order valence-corrected chi connectivity index (χ1v) is 9.76. The Hall–Kier alpha value is -2.21. The zero-order chi connectivity index (χ0) is 24.3. The van der Waals surface area contributed by atoms with Gasteiger partial charge in [-0.3, -0.25) is 4.79 Å². The van der Waals surface area contributed by atoms with Gasteiger partial charge in [0.05, 0.1) is 6.04 Å². The van der Waals surface area contributed by atoms with Gasteiger partial charge in [-0.1, -0.05) is 23.9 Å². The van der Waals surface area contributed by atoms with Gasteiger partial charge in [0.15, 0.2) is 0 Å². The standard InChI is InChI=1S/C23H21F2N3O5.2Na/c1-12-11-28(2)22(32)20(21(12)31)27-23(33)26-18(10-19(29)30)14-5-3-4-13(6-14)15-7-16(24)9-17(25)8-15;;/h3-9,11,18,31H,10H2,1-2H3,(H,29,30)(H2,26,27,33);;/q;2*+1/p-2/t18-;;/m0../s1. The van der Waals surface area contributed by atoms with Crippen LogP contribution in [0.4, 0.5) is 19.3 Å². The van der Waals surface area contributed by atoms with Crippen LogP contribution in [0.25, 0.3) is 11.1 Å². The third kappa shape index (κ3) is 7.89. The van der Waals surface area contributed by atoms with Gasteiger partial charge < -0.3 is 30.2 Å². The minimum Gasteiger partial charge on any atom is -0.871 e. The van der Waals surface area contributed by atoms with Crippen molar-refractivity contribution in [2.75, 3.05) is 5.32 Å². The average molecular weight is 501 g/mol. The second-order valence-corrected chi connectivity index (χ2v) is 7.44. The van der Waals surface area contributed by atoms with E-state index in [1.54, 1.807) is 6.07 Å². The Labute approximate surface area is 243 Å². The van der Waals surface area contributed by atoms with Crippen molar-refractivity contribution >= 4 is 17.7 Å². The molecule has 0 aliphatic carbocycles. The molecule has 172 valence electrons. The molecule has 0 saturated heterocycles. The number of carboxylic acid groups (broad SMARTS) is 1. The largest absolute Gasteiger partial charge is 1.00 e. The number of carboxylic acids is 1. The fourth-order valence-corrected chi connectivity index (χ4v) is 3.37. The number of hydrogen-bond acceptors (Lipinski definition) is 5. The summed E-state index contributed by atoms with van der Waals surface area (Å²) in [6, 6.07) is 6.90. The fraction of sp³-hybridized carbons (Fsp3) is 0.174. The quantitative estimate of drug-likeness (QED) is 0.331. The summed E-state index contributed by atoms with van der Waals surface area (Å²) in [5, 5.41) is 28.1. The predicted octanol–water partition coefficient (Wildman–Crippen LogP) is -4.28. The molecule has 2 aromatic carbocycles. The van der Waals surface area contributed by atoms with Crippen LogP contribution in [0.5, 0.6) is 5.75 Å². The molecule has 0 aliphatic heterocycles. The van der Waals surface area contributed by atoms with Crippen molar-refractivity contribution in [3.63, 3.8) is 0 Å². The van der Waals surface area contributed by atoms with E-state index in [1.165, 1.54) is 38.4 Å². The van der Waals surface area contributed by atoms with E-state index in [4.69, 9.17) is 0 Å². The number of nitrogens with zero attached hydrogens (tertiary/aromatic N) is 1. The second-order valence-electron chi connectivity index (χ2n) is 7.44. The first-order valence-electron chi connectivity index (χ1n) is 9.76. The molecule has 8 nitrogen and oxygen atoms in total. The minimum atomic E-state index is -1.47. The summed E-state index contributed by atoms with van der Waals surface area (Å²) < 4.78 is 28.3. The second kappa shape index (κ2) is 13.2. The number of amides is 2. The first kappa shape index (κ1) is 30.8. The Morgan fingerprint density at radius 3 is 2.29 bits per heavy atom. The Morgan fingerprint density at radius 2 is 1.69 bits per heavy atom. The zero-order valence-corrected chi connectivity index (χ0v) is 23.6. The summed E-state index contributed by atoms with van der Waals surface area (Å²) in [6.45, 7) is 1.48. The van der Waals surface area contributed by atoms with Gasteiger partial charge in [-0.25, -0.2) is 13.6 Å². The zero-order valence-electron chi connectivity index (χ0n) is 19.6.